The summed E-state index contributed by atoms with van der Waals surface area (Å²) in [6.45, 7) is 3.10. The molecule has 1 saturated carbocycles. The summed E-state index contributed by atoms with van der Waals surface area (Å²) in [4.78, 5) is 15.1. The van der Waals surface area contributed by atoms with Crippen molar-refractivity contribution in [3.8, 4) is 5.75 Å². The molecule has 1 aliphatic rings. The Balaban J connectivity index is 2.11. The van der Waals surface area contributed by atoms with Crippen LogP contribution in [-0.4, -0.2) is 44.2 Å². The topological polar surface area (TPSA) is 38.8 Å². The van der Waals surface area contributed by atoms with Gasteiger partial charge in [-0.3, -0.25) is 4.79 Å². The average molecular weight is 418 g/mol. The Morgan fingerprint density at radius 2 is 1.63 bits per heavy atom. The lowest BCUT2D eigenvalue weighted by Crippen LogP contribution is -2.46. The highest BCUT2D eigenvalue weighted by molar-refractivity contribution is 5.70. The van der Waals surface area contributed by atoms with Gasteiger partial charge in [-0.15, -0.1) is 0 Å². The number of nitrogens with zero attached hydrogens (tertiary/aromatic N) is 1. The highest BCUT2D eigenvalue weighted by Crippen LogP contribution is 2.44. The summed E-state index contributed by atoms with van der Waals surface area (Å²) in [6.07, 6.45) is 13.1. The van der Waals surface area contributed by atoms with Crippen LogP contribution < -0.4 is 4.74 Å². The van der Waals surface area contributed by atoms with Crippen LogP contribution in [0.4, 0.5) is 0 Å². The van der Waals surface area contributed by atoms with E-state index < -0.39 is 5.60 Å². The van der Waals surface area contributed by atoms with Crippen molar-refractivity contribution in [1.29, 1.82) is 0 Å². The number of ether oxygens (including phenoxy) is 2. The number of hydrogen-bond acceptors (Lipinski definition) is 4. The molecule has 2 rings (SSSR count). The first-order chi connectivity index (χ1) is 14.5. The van der Waals surface area contributed by atoms with E-state index in [1.54, 1.807) is 7.11 Å². The van der Waals surface area contributed by atoms with E-state index in [1.807, 2.05) is 12.1 Å². The zero-order valence-electron chi connectivity index (χ0n) is 19.8. The summed E-state index contributed by atoms with van der Waals surface area (Å²) in [5.74, 6) is 1.02. The minimum Gasteiger partial charge on any atom is -0.497 e. The van der Waals surface area contributed by atoms with Crippen molar-refractivity contribution in [2.24, 2.45) is 0 Å². The molecule has 1 fully saturated rings. The fraction of sp³-hybridized carbons (Fsp3) is 0.731. The molecule has 0 saturated heterocycles. The van der Waals surface area contributed by atoms with Crippen LogP contribution >= 0.6 is 0 Å². The summed E-state index contributed by atoms with van der Waals surface area (Å²) >= 11 is 0. The van der Waals surface area contributed by atoms with Gasteiger partial charge in [-0.25, -0.2) is 0 Å². The third kappa shape index (κ3) is 7.61. The molecule has 0 spiro atoms. The molecule has 1 atom stereocenters. The molecule has 4 heteroatoms. The lowest BCUT2D eigenvalue weighted by atomic mass is 9.72. The molecule has 1 aromatic carbocycles. The number of carbonyl (C=O) groups excluding carboxylic acids is 1. The van der Waals surface area contributed by atoms with Crippen LogP contribution in [0.5, 0.6) is 5.75 Å². The fourth-order valence-corrected chi connectivity index (χ4v) is 4.78. The number of benzene rings is 1. The van der Waals surface area contributed by atoms with Crippen molar-refractivity contribution in [1.82, 2.24) is 4.90 Å². The molecule has 0 aromatic heterocycles. The van der Waals surface area contributed by atoms with Crippen molar-refractivity contribution in [3.05, 3.63) is 29.8 Å². The van der Waals surface area contributed by atoms with Gasteiger partial charge in [0.25, 0.3) is 0 Å². The normalized spacial score (nSPS) is 17.0. The highest BCUT2D eigenvalue weighted by Gasteiger charge is 2.44. The summed E-state index contributed by atoms with van der Waals surface area (Å²) < 4.78 is 11.7. The minimum atomic E-state index is -0.392. The molecule has 0 radical (unpaired) electrons. The second-order valence-electron chi connectivity index (χ2n) is 9.21. The molecule has 0 N–H and O–H groups in total. The number of carbonyl (C=O) groups is 1. The molecule has 1 unspecified atom stereocenters. The largest absolute Gasteiger partial charge is 0.497 e. The first kappa shape index (κ1) is 24.7. The van der Waals surface area contributed by atoms with E-state index in [4.69, 9.17) is 9.47 Å². The van der Waals surface area contributed by atoms with E-state index in [0.29, 0.717) is 6.42 Å². The van der Waals surface area contributed by atoms with Crippen LogP contribution in [0.15, 0.2) is 24.3 Å². The first-order valence-corrected chi connectivity index (χ1v) is 12.0. The van der Waals surface area contributed by atoms with Gasteiger partial charge in [0, 0.05) is 18.9 Å². The van der Waals surface area contributed by atoms with Gasteiger partial charge in [-0.2, -0.15) is 0 Å². The highest BCUT2D eigenvalue weighted by atomic mass is 16.6. The molecule has 4 nitrogen and oxygen atoms in total. The van der Waals surface area contributed by atoms with Gasteiger partial charge in [0.15, 0.2) is 0 Å². The molecule has 0 bridgehead atoms. The molecule has 1 aliphatic carbocycles. The summed E-state index contributed by atoms with van der Waals surface area (Å²) in [7, 11) is 5.90. The van der Waals surface area contributed by atoms with Gasteiger partial charge >= 0.3 is 5.97 Å². The van der Waals surface area contributed by atoms with E-state index >= 15 is 0 Å². The summed E-state index contributed by atoms with van der Waals surface area (Å²) in [6, 6.07) is 8.33. The third-order valence-corrected chi connectivity index (χ3v) is 6.45. The smallest absolute Gasteiger partial charge is 0.306 e. The maximum Gasteiger partial charge on any atom is 0.306 e. The lowest BCUT2D eigenvalue weighted by Gasteiger charge is -2.44. The van der Waals surface area contributed by atoms with Crippen molar-refractivity contribution in [3.63, 3.8) is 0 Å². The third-order valence-electron chi connectivity index (χ3n) is 6.45. The molecule has 0 amide bonds. The van der Waals surface area contributed by atoms with Crippen molar-refractivity contribution in [2.75, 3.05) is 27.7 Å². The van der Waals surface area contributed by atoms with E-state index in [2.05, 4.69) is 38.1 Å². The molecule has 1 aromatic rings. The van der Waals surface area contributed by atoms with Crippen LogP contribution in [0.2, 0.25) is 0 Å². The Hall–Kier alpha value is -1.55. The monoisotopic (exact) mass is 417 g/mol. The fourth-order valence-electron chi connectivity index (χ4n) is 4.78. The van der Waals surface area contributed by atoms with E-state index in [1.165, 1.54) is 37.7 Å². The Morgan fingerprint density at radius 1 is 1.00 bits per heavy atom. The van der Waals surface area contributed by atoms with Gasteiger partial charge in [0.2, 0.25) is 0 Å². The molecular formula is C26H43NO3. The van der Waals surface area contributed by atoms with Gasteiger partial charge in [-0.1, -0.05) is 57.6 Å². The van der Waals surface area contributed by atoms with Gasteiger partial charge < -0.3 is 14.4 Å². The lowest BCUT2D eigenvalue weighted by molar-refractivity contribution is -0.167. The second-order valence-corrected chi connectivity index (χ2v) is 9.21. The van der Waals surface area contributed by atoms with Crippen LogP contribution in [0.1, 0.15) is 95.5 Å². The van der Waals surface area contributed by atoms with Crippen LogP contribution in [0.3, 0.4) is 0 Å². The number of likely N-dealkylation sites (N-methyl/N-ethyl adjacent to an activating group) is 1. The second kappa shape index (κ2) is 13.0. The van der Waals surface area contributed by atoms with Crippen LogP contribution in [-0.2, 0) is 9.53 Å². The predicted octanol–water partition coefficient (Wildman–Crippen LogP) is 6.34. The van der Waals surface area contributed by atoms with E-state index in [-0.39, 0.29) is 11.9 Å². The zero-order valence-corrected chi connectivity index (χ0v) is 19.8. The van der Waals surface area contributed by atoms with Gasteiger partial charge in [0.05, 0.1) is 7.11 Å². The van der Waals surface area contributed by atoms with Crippen molar-refractivity contribution in [2.45, 2.75) is 95.5 Å². The molecule has 0 aliphatic heterocycles. The average Bonchev–Trinajstić information content (AvgIpc) is 2.75. The van der Waals surface area contributed by atoms with E-state index in [0.717, 1.165) is 50.8 Å². The number of hydrogen-bond donors (Lipinski definition) is 0. The maximum absolute atomic E-state index is 12.9. The minimum absolute atomic E-state index is 0.00957. The first-order valence-electron chi connectivity index (χ1n) is 12.0. The quantitative estimate of drug-likeness (QED) is 0.277. The van der Waals surface area contributed by atoms with Crippen LogP contribution in [0, 0.1) is 0 Å². The van der Waals surface area contributed by atoms with Crippen molar-refractivity contribution < 1.29 is 14.3 Å². The van der Waals surface area contributed by atoms with E-state index in [9.17, 15) is 4.79 Å². The molecule has 0 heterocycles. The Bertz CT molecular complexity index is 605. The Labute approximate surface area is 184 Å². The summed E-state index contributed by atoms with van der Waals surface area (Å²) in [5.41, 5.74) is 0.843. The number of unbranched alkanes of at least 4 members (excludes halogenated alkanes) is 5. The molecule has 30 heavy (non-hydrogen) atoms. The van der Waals surface area contributed by atoms with Crippen molar-refractivity contribution >= 4 is 5.97 Å². The molecule has 170 valence electrons. The van der Waals surface area contributed by atoms with Gasteiger partial charge in [-0.05, 0) is 63.9 Å². The standard InChI is InChI=1S/C26H43NO3/c1-5-6-7-8-9-11-14-25(28)30-26(19-12-10-13-20-26)24(21-27(2)3)22-15-17-23(29-4)18-16-22/h15-18,24H,5-14,19-21H2,1-4H3. The van der Waals surface area contributed by atoms with Crippen LogP contribution in [0.25, 0.3) is 0 Å². The van der Waals surface area contributed by atoms with Gasteiger partial charge in [0.1, 0.15) is 11.4 Å². The number of esters is 1. The maximum atomic E-state index is 12.9. The Morgan fingerprint density at radius 3 is 2.23 bits per heavy atom. The Kier molecular flexibility index (Phi) is 10.7. The number of rotatable bonds is 13. The predicted molar refractivity (Wildman–Crippen MR) is 124 cm³/mol. The zero-order chi connectivity index (χ0) is 21.8. The molecular weight excluding hydrogens is 374 g/mol. The summed E-state index contributed by atoms with van der Waals surface area (Å²) in [5, 5.41) is 0. The number of methoxy groups -OCH3 is 1. The SMILES string of the molecule is CCCCCCCCC(=O)OC1(C(CN(C)C)c2ccc(OC)cc2)CCCCC1.